The number of sulfonamides is 1. The largest absolute Gasteiger partial charge is 0.382 e. The molecule has 0 radical (unpaired) electrons. The SMILES string of the molecule is CCOCCCNC(=O)C1=C(c2ccccc2)c2cc(Cl)ccc2N(CC)S1(=O)=O. The van der Waals surface area contributed by atoms with Gasteiger partial charge in [0, 0.05) is 42.5 Å². The fourth-order valence-electron chi connectivity index (χ4n) is 3.48. The van der Waals surface area contributed by atoms with Crippen LogP contribution in [0.1, 0.15) is 31.4 Å². The van der Waals surface area contributed by atoms with Gasteiger partial charge < -0.3 is 10.1 Å². The molecular formula is C22H25ClN2O4S. The number of anilines is 1. The highest BCUT2D eigenvalue weighted by atomic mass is 35.5. The minimum Gasteiger partial charge on any atom is -0.382 e. The second-order valence-electron chi connectivity index (χ2n) is 6.71. The van der Waals surface area contributed by atoms with Crippen molar-refractivity contribution >= 4 is 38.8 Å². The van der Waals surface area contributed by atoms with Gasteiger partial charge in [0.1, 0.15) is 0 Å². The average molecular weight is 449 g/mol. The van der Waals surface area contributed by atoms with Gasteiger partial charge in [-0.3, -0.25) is 9.10 Å². The van der Waals surface area contributed by atoms with Gasteiger partial charge >= 0.3 is 0 Å². The van der Waals surface area contributed by atoms with E-state index in [1.165, 1.54) is 4.31 Å². The Morgan fingerprint density at radius 1 is 1.13 bits per heavy atom. The molecule has 1 heterocycles. The first kappa shape index (κ1) is 22.3. The van der Waals surface area contributed by atoms with E-state index in [2.05, 4.69) is 5.32 Å². The molecule has 6 nitrogen and oxygen atoms in total. The molecule has 1 amide bonds. The number of halogens is 1. The maximum atomic E-state index is 13.5. The van der Waals surface area contributed by atoms with Crippen LogP contribution in [-0.2, 0) is 19.6 Å². The lowest BCUT2D eigenvalue weighted by Crippen LogP contribution is -2.41. The maximum Gasteiger partial charge on any atom is 0.270 e. The van der Waals surface area contributed by atoms with Gasteiger partial charge in [0.2, 0.25) is 0 Å². The van der Waals surface area contributed by atoms with Gasteiger partial charge in [0.15, 0.2) is 4.91 Å². The van der Waals surface area contributed by atoms with E-state index in [1.807, 2.05) is 25.1 Å². The van der Waals surface area contributed by atoms with E-state index in [0.717, 1.165) is 0 Å². The van der Waals surface area contributed by atoms with Gasteiger partial charge in [-0.2, -0.15) is 0 Å². The van der Waals surface area contributed by atoms with Gasteiger partial charge in [-0.1, -0.05) is 41.9 Å². The second-order valence-corrected chi connectivity index (χ2v) is 8.94. The minimum atomic E-state index is -4.06. The van der Waals surface area contributed by atoms with E-state index >= 15 is 0 Å². The summed E-state index contributed by atoms with van der Waals surface area (Å²) in [6.07, 6.45) is 0.591. The molecule has 0 saturated heterocycles. The number of carbonyl (C=O) groups excluding carboxylic acids is 1. The summed E-state index contributed by atoms with van der Waals surface area (Å²) in [5, 5.41) is 3.21. The third-order valence-electron chi connectivity index (χ3n) is 4.78. The molecule has 0 fully saturated rings. The monoisotopic (exact) mass is 448 g/mol. The molecule has 0 atom stereocenters. The molecule has 0 aliphatic carbocycles. The number of fused-ring (bicyclic) bond motifs is 1. The Morgan fingerprint density at radius 2 is 1.87 bits per heavy atom. The number of carbonyl (C=O) groups is 1. The number of nitrogens with one attached hydrogen (secondary N) is 1. The van der Waals surface area contributed by atoms with E-state index in [4.69, 9.17) is 16.3 Å². The first-order valence-electron chi connectivity index (χ1n) is 9.90. The zero-order valence-corrected chi connectivity index (χ0v) is 18.6. The quantitative estimate of drug-likeness (QED) is 0.623. The molecule has 0 saturated carbocycles. The molecule has 8 heteroatoms. The zero-order valence-electron chi connectivity index (χ0n) is 17.0. The third-order valence-corrected chi connectivity index (χ3v) is 6.96. The van der Waals surface area contributed by atoms with Crippen LogP contribution in [0.4, 0.5) is 5.69 Å². The smallest absolute Gasteiger partial charge is 0.270 e. The number of nitrogens with zero attached hydrogens (tertiary/aromatic N) is 1. The molecule has 0 bridgehead atoms. The lowest BCUT2D eigenvalue weighted by Gasteiger charge is -2.33. The fraction of sp³-hybridized carbons (Fsp3) is 0.318. The van der Waals surface area contributed by atoms with Gasteiger partial charge in [-0.05, 0) is 44.0 Å². The Hall–Kier alpha value is -2.35. The molecule has 2 aromatic carbocycles. The van der Waals surface area contributed by atoms with Crippen LogP contribution in [0, 0.1) is 0 Å². The summed E-state index contributed by atoms with van der Waals surface area (Å²) in [4.78, 5) is 12.9. The van der Waals surface area contributed by atoms with Crippen LogP contribution in [0.2, 0.25) is 5.02 Å². The second kappa shape index (κ2) is 9.64. The van der Waals surface area contributed by atoms with Crippen molar-refractivity contribution in [2.24, 2.45) is 0 Å². The predicted octanol–water partition coefficient (Wildman–Crippen LogP) is 3.81. The highest BCUT2D eigenvalue weighted by Crippen LogP contribution is 2.43. The van der Waals surface area contributed by atoms with Gasteiger partial charge in [0.25, 0.3) is 15.9 Å². The van der Waals surface area contributed by atoms with Crippen LogP contribution in [0.25, 0.3) is 5.57 Å². The molecule has 2 aromatic rings. The molecule has 1 aliphatic heterocycles. The number of ether oxygens (including phenoxy) is 1. The number of hydrogen-bond acceptors (Lipinski definition) is 4. The van der Waals surface area contributed by atoms with E-state index in [9.17, 15) is 13.2 Å². The molecule has 0 spiro atoms. The van der Waals surface area contributed by atoms with E-state index in [1.54, 1.807) is 37.3 Å². The van der Waals surface area contributed by atoms with Gasteiger partial charge in [-0.15, -0.1) is 0 Å². The molecular weight excluding hydrogens is 424 g/mol. The number of benzene rings is 2. The maximum absolute atomic E-state index is 13.5. The number of rotatable bonds is 8. The summed E-state index contributed by atoms with van der Waals surface area (Å²) in [5.74, 6) is -0.630. The molecule has 0 aromatic heterocycles. The first-order valence-corrected chi connectivity index (χ1v) is 11.7. The molecule has 160 valence electrons. The van der Waals surface area contributed by atoms with E-state index in [-0.39, 0.29) is 11.4 Å². The average Bonchev–Trinajstić information content (AvgIpc) is 2.73. The van der Waals surface area contributed by atoms with Crippen LogP contribution in [-0.4, -0.2) is 40.6 Å². The molecule has 30 heavy (non-hydrogen) atoms. The fourth-order valence-corrected chi connectivity index (χ4v) is 5.42. The normalized spacial score (nSPS) is 15.1. The lowest BCUT2D eigenvalue weighted by atomic mass is 9.95. The standard InChI is InChI=1S/C22H25ClN2O4S/c1-3-25-19-12-11-17(23)15-18(19)20(16-9-6-5-7-10-16)21(30(25,27)28)22(26)24-13-8-14-29-4-2/h5-7,9-12,15H,3-4,8,13-14H2,1-2H3,(H,24,26). The third kappa shape index (κ3) is 4.38. The Kier molecular flexibility index (Phi) is 7.18. The lowest BCUT2D eigenvalue weighted by molar-refractivity contribution is -0.116. The Bertz CT molecular complexity index is 1050. The topological polar surface area (TPSA) is 75.7 Å². The van der Waals surface area contributed by atoms with Crippen molar-refractivity contribution in [2.45, 2.75) is 20.3 Å². The summed E-state index contributed by atoms with van der Waals surface area (Å²) in [7, 11) is -4.06. The van der Waals surface area contributed by atoms with Gasteiger partial charge in [0.05, 0.1) is 5.69 Å². The zero-order chi connectivity index (χ0) is 21.7. The van der Waals surface area contributed by atoms with E-state index < -0.39 is 15.9 Å². The van der Waals surface area contributed by atoms with Crippen LogP contribution in [0.15, 0.2) is 53.4 Å². The van der Waals surface area contributed by atoms with Crippen molar-refractivity contribution < 1.29 is 17.9 Å². The molecule has 1 aliphatic rings. The van der Waals surface area contributed by atoms with Crippen molar-refractivity contribution in [3.05, 3.63) is 69.6 Å². The first-order chi connectivity index (χ1) is 14.4. The van der Waals surface area contributed by atoms with E-state index in [0.29, 0.717) is 53.6 Å². The summed E-state index contributed by atoms with van der Waals surface area (Å²) >= 11 is 6.25. The Balaban J connectivity index is 2.16. The summed E-state index contributed by atoms with van der Waals surface area (Å²) in [6.45, 7) is 5.23. The van der Waals surface area contributed by atoms with Crippen LogP contribution in [0.3, 0.4) is 0 Å². The van der Waals surface area contributed by atoms with Crippen molar-refractivity contribution in [1.82, 2.24) is 5.32 Å². The summed E-state index contributed by atoms with van der Waals surface area (Å²) < 4.78 is 33.5. The van der Waals surface area contributed by atoms with Crippen LogP contribution >= 0.6 is 11.6 Å². The molecule has 0 unspecified atom stereocenters. The summed E-state index contributed by atoms with van der Waals surface area (Å²) in [5.41, 5.74) is 2.12. The van der Waals surface area contributed by atoms with Crippen molar-refractivity contribution in [2.75, 3.05) is 30.6 Å². The molecule has 3 rings (SSSR count). The van der Waals surface area contributed by atoms with Gasteiger partial charge in [-0.25, -0.2) is 8.42 Å². The van der Waals surface area contributed by atoms with Crippen LogP contribution < -0.4 is 9.62 Å². The Morgan fingerprint density at radius 3 is 2.53 bits per heavy atom. The van der Waals surface area contributed by atoms with Crippen molar-refractivity contribution in [3.8, 4) is 0 Å². The van der Waals surface area contributed by atoms with Crippen LogP contribution in [0.5, 0.6) is 0 Å². The van der Waals surface area contributed by atoms with Crippen molar-refractivity contribution in [3.63, 3.8) is 0 Å². The molecule has 1 N–H and O–H groups in total. The number of amides is 1. The summed E-state index contributed by atoms with van der Waals surface area (Å²) in [6, 6.07) is 14.1. The number of hydrogen-bond donors (Lipinski definition) is 1. The highest BCUT2D eigenvalue weighted by molar-refractivity contribution is 7.97. The Labute approximate surface area is 182 Å². The highest BCUT2D eigenvalue weighted by Gasteiger charge is 2.40. The predicted molar refractivity (Wildman–Crippen MR) is 120 cm³/mol. The van der Waals surface area contributed by atoms with Crippen molar-refractivity contribution in [1.29, 1.82) is 0 Å². The minimum absolute atomic E-state index is 0.195.